The number of aromatic amines is 1. The van der Waals surface area contributed by atoms with Crippen molar-refractivity contribution in [2.75, 3.05) is 0 Å². The smallest absolute Gasteiger partial charge is 0.310 e. The highest BCUT2D eigenvalue weighted by molar-refractivity contribution is 5.86. The van der Waals surface area contributed by atoms with E-state index in [1.54, 1.807) is 6.20 Å². The van der Waals surface area contributed by atoms with Crippen LogP contribution in [0.15, 0.2) is 24.4 Å². The normalized spacial score (nSPS) is 29.0. The summed E-state index contributed by atoms with van der Waals surface area (Å²) < 4.78 is 5.62. The van der Waals surface area contributed by atoms with Crippen LogP contribution in [0.2, 0.25) is 0 Å². The second-order valence-electron chi connectivity index (χ2n) is 6.13. The standard InChI is InChI=1S/C16H17N3O4/c20-15(13-11-3-4-12(23-11)14(13)16(21)22)18-7-8-6-10-9(19-8)2-1-5-17-10/h1-2,5-6,11-14,19H,3-4,7H2,(H,18,20)(H,21,22)/t11-,12+,13-,14+/m1/s1. The first-order chi connectivity index (χ1) is 11.1. The van der Waals surface area contributed by atoms with Gasteiger partial charge in [-0.1, -0.05) is 0 Å². The van der Waals surface area contributed by atoms with Crippen molar-refractivity contribution >= 4 is 22.9 Å². The van der Waals surface area contributed by atoms with Crippen molar-refractivity contribution < 1.29 is 19.4 Å². The molecule has 2 fully saturated rings. The number of hydrogen-bond donors (Lipinski definition) is 3. The van der Waals surface area contributed by atoms with E-state index >= 15 is 0 Å². The molecule has 2 aliphatic heterocycles. The van der Waals surface area contributed by atoms with Crippen molar-refractivity contribution in [3.63, 3.8) is 0 Å². The number of ether oxygens (including phenoxy) is 1. The predicted molar refractivity (Wildman–Crippen MR) is 80.5 cm³/mol. The molecule has 2 aromatic heterocycles. The number of H-pyrrole nitrogens is 1. The van der Waals surface area contributed by atoms with E-state index in [1.807, 2.05) is 18.2 Å². The molecule has 2 saturated heterocycles. The van der Waals surface area contributed by atoms with Gasteiger partial charge in [0.05, 0.1) is 41.6 Å². The molecule has 4 rings (SSSR count). The quantitative estimate of drug-likeness (QED) is 0.782. The summed E-state index contributed by atoms with van der Waals surface area (Å²) in [5.74, 6) is -2.55. The fourth-order valence-electron chi connectivity index (χ4n) is 3.73. The Bertz CT molecular complexity index is 739. The van der Waals surface area contributed by atoms with Gasteiger partial charge in [-0.15, -0.1) is 0 Å². The number of pyridine rings is 1. The van der Waals surface area contributed by atoms with Gasteiger partial charge in [0, 0.05) is 11.9 Å². The lowest BCUT2D eigenvalue weighted by Crippen LogP contribution is -2.43. The number of hydrogen-bond acceptors (Lipinski definition) is 4. The highest BCUT2D eigenvalue weighted by Gasteiger charge is 2.55. The average Bonchev–Trinajstić information content (AvgIpc) is 3.24. The van der Waals surface area contributed by atoms with Gasteiger partial charge in [-0.2, -0.15) is 0 Å². The van der Waals surface area contributed by atoms with Crippen LogP contribution in [0.1, 0.15) is 18.5 Å². The van der Waals surface area contributed by atoms with Crippen LogP contribution >= 0.6 is 0 Å². The van der Waals surface area contributed by atoms with Gasteiger partial charge in [-0.25, -0.2) is 0 Å². The third-order valence-electron chi connectivity index (χ3n) is 4.76. The minimum atomic E-state index is -0.952. The first kappa shape index (κ1) is 14.2. The molecule has 4 atom stereocenters. The van der Waals surface area contributed by atoms with Crippen LogP contribution in [-0.2, 0) is 20.9 Å². The first-order valence-electron chi connectivity index (χ1n) is 7.72. The van der Waals surface area contributed by atoms with Crippen LogP contribution in [0.5, 0.6) is 0 Å². The van der Waals surface area contributed by atoms with Gasteiger partial charge in [0.25, 0.3) is 0 Å². The molecule has 7 heteroatoms. The van der Waals surface area contributed by atoms with Gasteiger partial charge in [0.15, 0.2) is 0 Å². The Morgan fingerprint density at radius 3 is 2.87 bits per heavy atom. The van der Waals surface area contributed by atoms with Crippen molar-refractivity contribution in [2.45, 2.75) is 31.6 Å². The molecule has 23 heavy (non-hydrogen) atoms. The van der Waals surface area contributed by atoms with E-state index in [1.165, 1.54) is 0 Å². The summed E-state index contributed by atoms with van der Waals surface area (Å²) in [6.07, 6.45) is 2.58. The number of nitrogens with zero attached hydrogens (tertiary/aromatic N) is 1. The maximum atomic E-state index is 12.5. The second kappa shape index (κ2) is 5.34. The molecule has 3 N–H and O–H groups in total. The van der Waals surface area contributed by atoms with Crippen molar-refractivity contribution in [3.05, 3.63) is 30.1 Å². The van der Waals surface area contributed by atoms with E-state index in [-0.39, 0.29) is 18.1 Å². The van der Waals surface area contributed by atoms with Crippen LogP contribution in [0.3, 0.4) is 0 Å². The summed E-state index contributed by atoms with van der Waals surface area (Å²) in [6.45, 7) is 0.315. The SMILES string of the molecule is O=C(O)[C@@H]1[C@H](C(=O)NCc2cc3ncccc3[nH]2)[C@H]2CC[C@@H]1O2. The topological polar surface area (TPSA) is 104 Å². The molecular weight excluding hydrogens is 298 g/mol. The number of aliphatic carboxylic acids is 1. The third-order valence-corrected chi connectivity index (χ3v) is 4.76. The van der Waals surface area contributed by atoms with Gasteiger partial charge >= 0.3 is 5.97 Å². The molecule has 7 nitrogen and oxygen atoms in total. The first-order valence-corrected chi connectivity index (χ1v) is 7.72. The minimum Gasteiger partial charge on any atom is -0.481 e. The van der Waals surface area contributed by atoms with Gasteiger partial charge in [0.2, 0.25) is 5.91 Å². The Balaban J connectivity index is 1.46. The maximum Gasteiger partial charge on any atom is 0.310 e. The molecule has 120 valence electrons. The summed E-state index contributed by atoms with van der Waals surface area (Å²) in [6, 6.07) is 5.63. The number of amides is 1. The van der Waals surface area contributed by atoms with Gasteiger partial charge in [0.1, 0.15) is 0 Å². The van der Waals surface area contributed by atoms with Crippen LogP contribution in [0.25, 0.3) is 11.0 Å². The fraction of sp³-hybridized carbons (Fsp3) is 0.438. The Labute approximate surface area is 132 Å². The van der Waals surface area contributed by atoms with E-state index in [9.17, 15) is 14.7 Å². The molecule has 0 unspecified atom stereocenters. The summed E-state index contributed by atoms with van der Waals surface area (Å²) >= 11 is 0. The van der Waals surface area contributed by atoms with Crippen LogP contribution in [0, 0.1) is 11.8 Å². The molecule has 1 amide bonds. The molecule has 2 bridgehead atoms. The van der Waals surface area contributed by atoms with Gasteiger partial charge < -0.3 is 20.1 Å². The molecule has 4 heterocycles. The van der Waals surface area contributed by atoms with Crippen LogP contribution in [0.4, 0.5) is 0 Å². The number of aromatic nitrogens is 2. The zero-order chi connectivity index (χ0) is 16.0. The Kier molecular flexibility index (Phi) is 3.30. The zero-order valence-corrected chi connectivity index (χ0v) is 12.4. The number of carboxylic acid groups (broad SMARTS) is 1. The molecule has 2 aliphatic rings. The Hall–Kier alpha value is -2.41. The number of rotatable bonds is 4. The van der Waals surface area contributed by atoms with Crippen molar-refractivity contribution in [1.29, 1.82) is 0 Å². The van der Waals surface area contributed by atoms with Crippen LogP contribution in [-0.4, -0.2) is 39.2 Å². The summed E-state index contributed by atoms with van der Waals surface area (Å²) in [5, 5.41) is 12.2. The fourth-order valence-corrected chi connectivity index (χ4v) is 3.73. The summed E-state index contributed by atoms with van der Waals surface area (Å²) in [5.41, 5.74) is 2.58. The van der Waals surface area contributed by atoms with Crippen molar-refractivity contribution in [1.82, 2.24) is 15.3 Å². The largest absolute Gasteiger partial charge is 0.481 e. The van der Waals surface area contributed by atoms with Crippen molar-refractivity contribution in [2.24, 2.45) is 11.8 Å². The molecular formula is C16H17N3O4. The van der Waals surface area contributed by atoms with E-state index in [0.29, 0.717) is 6.54 Å². The molecule has 2 aromatic rings. The molecule has 0 spiro atoms. The Morgan fingerprint density at radius 2 is 2.13 bits per heavy atom. The predicted octanol–water partition coefficient (Wildman–Crippen LogP) is 1.06. The molecule has 0 aliphatic carbocycles. The number of fused-ring (bicyclic) bond motifs is 3. The van der Waals surface area contributed by atoms with E-state index in [0.717, 1.165) is 29.6 Å². The molecule has 0 aromatic carbocycles. The van der Waals surface area contributed by atoms with E-state index in [2.05, 4.69) is 15.3 Å². The minimum absolute atomic E-state index is 0.254. The summed E-state index contributed by atoms with van der Waals surface area (Å²) in [7, 11) is 0. The van der Waals surface area contributed by atoms with E-state index in [4.69, 9.17) is 4.74 Å². The van der Waals surface area contributed by atoms with Crippen LogP contribution < -0.4 is 5.32 Å². The monoisotopic (exact) mass is 315 g/mol. The average molecular weight is 315 g/mol. The lowest BCUT2D eigenvalue weighted by molar-refractivity contribution is -0.147. The zero-order valence-electron chi connectivity index (χ0n) is 12.4. The number of carbonyl (C=O) groups is 2. The number of carbonyl (C=O) groups excluding carboxylic acids is 1. The van der Waals surface area contributed by atoms with Gasteiger partial charge in [-0.05, 0) is 31.0 Å². The molecule has 0 saturated carbocycles. The summed E-state index contributed by atoms with van der Waals surface area (Å²) in [4.78, 5) is 31.3. The Morgan fingerprint density at radius 1 is 1.35 bits per heavy atom. The second-order valence-corrected chi connectivity index (χ2v) is 6.13. The lowest BCUT2D eigenvalue weighted by Gasteiger charge is -2.23. The lowest BCUT2D eigenvalue weighted by atomic mass is 9.79. The van der Waals surface area contributed by atoms with E-state index < -0.39 is 17.8 Å². The molecule has 0 radical (unpaired) electrons. The van der Waals surface area contributed by atoms with Gasteiger partial charge in [-0.3, -0.25) is 14.6 Å². The number of nitrogens with one attached hydrogen (secondary N) is 2. The highest BCUT2D eigenvalue weighted by atomic mass is 16.5. The highest BCUT2D eigenvalue weighted by Crippen LogP contribution is 2.43. The maximum absolute atomic E-state index is 12.5. The third kappa shape index (κ3) is 2.37. The number of carboxylic acids is 1. The van der Waals surface area contributed by atoms with Crippen molar-refractivity contribution in [3.8, 4) is 0 Å².